The molecule has 1 aromatic carbocycles. The van der Waals surface area contributed by atoms with E-state index in [0.717, 1.165) is 6.42 Å². The first kappa shape index (κ1) is 10.4. The standard InChI is InChI=1S/C14H19N/c1-10-4-6-12-11(8-10)5-7-13(12)14(2,3)9-15/h4,6-8H,5,9,15H2,1-3H3. The van der Waals surface area contributed by atoms with Crippen molar-refractivity contribution in [1.29, 1.82) is 0 Å². The van der Waals surface area contributed by atoms with Gasteiger partial charge in [0.25, 0.3) is 0 Å². The summed E-state index contributed by atoms with van der Waals surface area (Å²) < 4.78 is 0. The average Bonchev–Trinajstić information content (AvgIpc) is 2.61. The first-order valence-electron chi connectivity index (χ1n) is 5.55. The topological polar surface area (TPSA) is 26.0 Å². The second-order valence-corrected chi connectivity index (χ2v) is 5.07. The molecule has 2 rings (SSSR count). The lowest BCUT2D eigenvalue weighted by Gasteiger charge is -2.25. The summed E-state index contributed by atoms with van der Waals surface area (Å²) in [4.78, 5) is 0. The third kappa shape index (κ3) is 1.72. The Hall–Kier alpha value is -1.08. The molecule has 0 saturated heterocycles. The summed E-state index contributed by atoms with van der Waals surface area (Å²) in [6.07, 6.45) is 3.40. The van der Waals surface area contributed by atoms with Crippen LogP contribution in [-0.2, 0) is 6.42 Å². The smallest absolute Gasteiger partial charge is 0.00220 e. The Morgan fingerprint density at radius 3 is 2.73 bits per heavy atom. The lowest BCUT2D eigenvalue weighted by Crippen LogP contribution is -2.24. The SMILES string of the molecule is Cc1ccc2c(c1)CC=C2C(C)(C)CN. The first-order chi connectivity index (χ1) is 7.04. The highest BCUT2D eigenvalue weighted by atomic mass is 14.6. The van der Waals surface area contributed by atoms with Crippen molar-refractivity contribution in [1.82, 2.24) is 0 Å². The molecule has 1 heteroatoms. The van der Waals surface area contributed by atoms with Crippen molar-refractivity contribution in [2.75, 3.05) is 6.54 Å². The second kappa shape index (κ2) is 3.49. The maximum atomic E-state index is 5.83. The molecule has 1 aromatic rings. The molecule has 0 atom stereocenters. The van der Waals surface area contributed by atoms with Crippen LogP contribution in [0.15, 0.2) is 24.3 Å². The lowest BCUT2D eigenvalue weighted by molar-refractivity contribution is 0.516. The molecular formula is C14H19N. The van der Waals surface area contributed by atoms with Crippen molar-refractivity contribution in [3.8, 4) is 0 Å². The molecule has 0 aromatic heterocycles. The Bertz CT molecular complexity index is 413. The van der Waals surface area contributed by atoms with Crippen LogP contribution in [-0.4, -0.2) is 6.54 Å². The monoisotopic (exact) mass is 201 g/mol. The van der Waals surface area contributed by atoms with Gasteiger partial charge in [-0.2, -0.15) is 0 Å². The third-order valence-corrected chi connectivity index (χ3v) is 3.32. The minimum absolute atomic E-state index is 0.0977. The van der Waals surface area contributed by atoms with Gasteiger partial charge in [0.2, 0.25) is 0 Å². The predicted octanol–water partition coefficient (Wildman–Crippen LogP) is 2.92. The molecule has 0 spiro atoms. The van der Waals surface area contributed by atoms with Gasteiger partial charge in [-0.25, -0.2) is 0 Å². The number of aryl methyl sites for hydroxylation is 1. The molecule has 0 aliphatic heterocycles. The number of hydrogen-bond donors (Lipinski definition) is 1. The van der Waals surface area contributed by atoms with Gasteiger partial charge in [0, 0.05) is 12.0 Å². The van der Waals surface area contributed by atoms with E-state index in [1.807, 2.05) is 0 Å². The van der Waals surface area contributed by atoms with Crippen LogP contribution < -0.4 is 5.73 Å². The minimum atomic E-state index is 0.0977. The van der Waals surface area contributed by atoms with Crippen molar-refractivity contribution in [2.24, 2.45) is 11.1 Å². The molecule has 0 radical (unpaired) electrons. The molecule has 1 aliphatic carbocycles. The summed E-state index contributed by atoms with van der Waals surface area (Å²) in [6.45, 7) is 7.28. The molecule has 1 nitrogen and oxygen atoms in total. The van der Waals surface area contributed by atoms with Crippen molar-refractivity contribution >= 4 is 5.57 Å². The first-order valence-corrected chi connectivity index (χ1v) is 5.55. The van der Waals surface area contributed by atoms with Crippen LogP contribution in [0.5, 0.6) is 0 Å². The average molecular weight is 201 g/mol. The summed E-state index contributed by atoms with van der Waals surface area (Å²) >= 11 is 0. The van der Waals surface area contributed by atoms with Crippen LogP contribution in [0.3, 0.4) is 0 Å². The Morgan fingerprint density at radius 2 is 2.07 bits per heavy atom. The quantitative estimate of drug-likeness (QED) is 0.782. The third-order valence-electron chi connectivity index (χ3n) is 3.32. The summed E-state index contributed by atoms with van der Waals surface area (Å²) in [6, 6.07) is 6.71. The van der Waals surface area contributed by atoms with Crippen LogP contribution >= 0.6 is 0 Å². The Balaban J connectivity index is 2.43. The number of fused-ring (bicyclic) bond motifs is 1. The Labute approximate surface area is 92.0 Å². The summed E-state index contributed by atoms with van der Waals surface area (Å²) in [7, 11) is 0. The van der Waals surface area contributed by atoms with Gasteiger partial charge in [-0.15, -0.1) is 0 Å². The molecule has 2 N–H and O–H groups in total. The van der Waals surface area contributed by atoms with Gasteiger partial charge in [-0.1, -0.05) is 43.7 Å². The fourth-order valence-corrected chi connectivity index (χ4v) is 2.23. The molecule has 15 heavy (non-hydrogen) atoms. The fourth-order valence-electron chi connectivity index (χ4n) is 2.23. The summed E-state index contributed by atoms with van der Waals surface area (Å²) in [5.41, 5.74) is 11.5. The van der Waals surface area contributed by atoms with Crippen molar-refractivity contribution < 1.29 is 0 Å². The van der Waals surface area contributed by atoms with Crippen molar-refractivity contribution in [3.05, 3.63) is 41.0 Å². The molecule has 0 saturated carbocycles. The van der Waals surface area contributed by atoms with Crippen LogP contribution in [0, 0.1) is 12.3 Å². The highest BCUT2D eigenvalue weighted by molar-refractivity contribution is 5.76. The number of benzene rings is 1. The fraction of sp³-hybridized carbons (Fsp3) is 0.429. The Morgan fingerprint density at radius 1 is 1.33 bits per heavy atom. The Kier molecular flexibility index (Phi) is 2.43. The summed E-state index contributed by atoms with van der Waals surface area (Å²) in [5, 5.41) is 0. The van der Waals surface area contributed by atoms with E-state index < -0.39 is 0 Å². The second-order valence-electron chi connectivity index (χ2n) is 5.07. The van der Waals surface area contributed by atoms with Gasteiger partial charge < -0.3 is 5.73 Å². The minimum Gasteiger partial charge on any atom is -0.330 e. The number of hydrogen-bond acceptors (Lipinski definition) is 1. The zero-order valence-corrected chi connectivity index (χ0v) is 9.80. The molecule has 0 bridgehead atoms. The number of rotatable bonds is 2. The maximum absolute atomic E-state index is 5.83. The van der Waals surface area contributed by atoms with E-state index in [-0.39, 0.29) is 5.41 Å². The number of allylic oxidation sites excluding steroid dienone is 1. The molecule has 0 heterocycles. The van der Waals surface area contributed by atoms with E-state index >= 15 is 0 Å². The van der Waals surface area contributed by atoms with Crippen LogP contribution in [0.4, 0.5) is 0 Å². The van der Waals surface area contributed by atoms with Crippen molar-refractivity contribution in [2.45, 2.75) is 27.2 Å². The molecule has 80 valence electrons. The van der Waals surface area contributed by atoms with Crippen LogP contribution in [0.25, 0.3) is 5.57 Å². The van der Waals surface area contributed by atoms with Gasteiger partial charge >= 0.3 is 0 Å². The van der Waals surface area contributed by atoms with E-state index in [4.69, 9.17) is 5.73 Å². The van der Waals surface area contributed by atoms with Gasteiger partial charge in [0.1, 0.15) is 0 Å². The van der Waals surface area contributed by atoms with Crippen molar-refractivity contribution in [3.63, 3.8) is 0 Å². The van der Waals surface area contributed by atoms with E-state index in [1.165, 1.54) is 22.3 Å². The summed E-state index contributed by atoms with van der Waals surface area (Å²) in [5.74, 6) is 0. The molecular weight excluding hydrogens is 182 g/mol. The molecule has 0 fully saturated rings. The molecule has 1 aliphatic rings. The van der Waals surface area contributed by atoms with Crippen LogP contribution in [0.2, 0.25) is 0 Å². The van der Waals surface area contributed by atoms with Gasteiger partial charge in [-0.3, -0.25) is 0 Å². The van der Waals surface area contributed by atoms with E-state index in [0.29, 0.717) is 6.54 Å². The highest BCUT2D eigenvalue weighted by Crippen LogP contribution is 2.39. The maximum Gasteiger partial charge on any atom is 0.00220 e. The van der Waals surface area contributed by atoms with Gasteiger partial charge in [-0.05, 0) is 30.0 Å². The highest BCUT2D eigenvalue weighted by Gasteiger charge is 2.27. The van der Waals surface area contributed by atoms with E-state index in [1.54, 1.807) is 0 Å². The largest absolute Gasteiger partial charge is 0.330 e. The van der Waals surface area contributed by atoms with Crippen LogP contribution in [0.1, 0.15) is 30.5 Å². The normalized spacial score (nSPS) is 15.1. The van der Waals surface area contributed by atoms with Gasteiger partial charge in [0.15, 0.2) is 0 Å². The molecule has 0 unspecified atom stereocenters. The number of nitrogens with two attached hydrogens (primary N) is 1. The lowest BCUT2D eigenvalue weighted by atomic mass is 9.81. The molecule has 0 amide bonds. The zero-order chi connectivity index (χ0) is 11.1. The van der Waals surface area contributed by atoms with Gasteiger partial charge in [0.05, 0.1) is 0 Å². The predicted molar refractivity (Wildman–Crippen MR) is 65.7 cm³/mol. The zero-order valence-electron chi connectivity index (χ0n) is 9.80. The van der Waals surface area contributed by atoms with E-state index in [2.05, 4.69) is 45.0 Å². The van der Waals surface area contributed by atoms with E-state index in [9.17, 15) is 0 Å².